The molecular weight excluding hydrogens is 110 g/mol. The summed E-state index contributed by atoms with van der Waals surface area (Å²) in [6, 6.07) is 0. The number of likely N-dealkylation sites (tertiary alicyclic amines) is 1. The summed E-state index contributed by atoms with van der Waals surface area (Å²) >= 11 is 0. The molecule has 0 radical (unpaired) electrons. The highest BCUT2D eigenvalue weighted by atomic mass is 15.1. The van der Waals surface area contributed by atoms with Gasteiger partial charge in [0.1, 0.15) is 0 Å². The largest absolute Gasteiger partial charge is 0.303 e. The summed E-state index contributed by atoms with van der Waals surface area (Å²) in [6.45, 7) is 9.70. The zero-order chi connectivity index (χ0) is 6.69. The Morgan fingerprint density at radius 3 is 2.89 bits per heavy atom. The second kappa shape index (κ2) is 3.02. The molecular formula is C8H15N. The number of hydrogen-bond donors (Lipinski definition) is 0. The predicted molar refractivity (Wildman–Crippen MR) is 40.4 cm³/mol. The lowest BCUT2D eigenvalue weighted by molar-refractivity contribution is 0.351. The van der Waals surface area contributed by atoms with Crippen molar-refractivity contribution in [3.8, 4) is 0 Å². The summed E-state index contributed by atoms with van der Waals surface area (Å²) in [5, 5.41) is 0. The van der Waals surface area contributed by atoms with Gasteiger partial charge < -0.3 is 4.90 Å². The minimum Gasteiger partial charge on any atom is -0.303 e. The molecule has 0 aliphatic carbocycles. The highest BCUT2D eigenvalue weighted by molar-refractivity contribution is 4.86. The van der Waals surface area contributed by atoms with Crippen LogP contribution in [0.15, 0.2) is 12.7 Å². The van der Waals surface area contributed by atoms with E-state index >= 15 is 0 Å². The van der Waals surface area contributed by atoms with E-state index in [9.17, 15) is 0 Å². The van der Waals surface area contributed by atoms with Gasteiger partial charge in [0, 0.05) is 6.54 Å². The van der Waals surface area contributed by atoms with Crippen molar-refractivity contribution in [2.75, 3.05) is 19.6 Å². The molecule has 0 aromatic heterocycles. The van der Waals surface area contributed by atoms with E-state index in [-0.39, 0.29) is 0 Å². The molecule has 0 saturated carbocycles. The van der Waals surface area contributed by atoms with Crippen molar-refractivity contribution in [2.24, 2.45) is 5.92 Å². The molecule has 1 heteroatoms. The molecule has 1 atom stereocenters. The molecule has 1 rings (SSSR count). The zero-order valence-electron chi connectivity index (χ0n) is 6.14. The number of nitrogens with zero attached hydrogens (tertiary/aromatic N) is 1. The summed E-state index contributed by atoms with van der Waals surface area (Å²) in [5.74, 6) is 0.768. The van der Waals surface area contributed by atoms with E-state index in [1.807, 2.05) is 0 Å². The third kappa shape index (κ3) is 1.55. The summed E-state index contributed by atoms with van der Waals surface area (Å²) in [7, 11) is 0. The van der Waals surface area contributed by atoms with Crippen LogP contribution in [0.25, 0.3) is 0 Å². The molecule has 1 unspecified atom stereocenters. The molecule has 1 saturated heterocycles. The van der Waals surface area contributed by atoms with Crippen molar-refractivity contribution in [1.82, 2.24) is 4.90 Å². The molecule has 9 heavy (non-hydrogen) atoms. The van der Waals surface area contributed by atoms with Crippen LogP contribution in [0.5, 0.6) is 0 Å². The molecule has 0 spiro atoms. The Morgan fingerprint density at radius 1 is 1.78 bits per heavy atom. The lowest BCUT2D eigenvalue weighted by Gasteiger charge is -2.10. The van der Waals surface area contributed by atoms with E-state index in [1.165, 1.54) is 26.1 Å². The third-order valence-electron chi connectivity index (χ3n) is 2.09. The van der Waals surface area contributed by atoms with Gasteiger partial charge in [0.25, 0.3) is 0 Å². The fourth-order valence-corrected chi connectivity index (χ4v) is 1.34. The smallest absolute Gasteiger partial charge is 0.00446 e. The second-order valence-electron chi connectivity index (χ2n) is 2.68. The van der Waals surface area contributed by atoms with E-state index in [0.717, 1.165) is 5.92 Å². The summed E-state index contributed by atoms with van der Waals surface area (Å²) in [6.07, 6.45) is 3.40. The van der Waals surface area contributed by atoms with Crippen LogP contribution >= 0.6 is 0 Å². The SMILES string of the molecule is C=CC1CCN(CC)C1. The van der Waals surface area contributed by atoms with Crippen molar-refractivity contribution in [3.05, 3.63) is 12.7 Å². The van der Waals surface area contributed by atoms with Gasteiger partial charge >= 0.3 is 0 Å². The van der Waals surface area contributed by atoms with Crippen LogP contribution in [0.2, 0.25) is 0 Å². The summed E-state index contributed by atoms with van der Waals surface area (Å²) < 4.78 is 0. The molecule has 1 heterocycles. The van der Waals surface area contributed by atoms with Crippen LogP contribution < -0.4 is 0 Å². The van der Waals surface area contributed by atoms with Crippen LogP contribution in [0.3, 0.4) is 0 Å². The van der Waals surface area contributed by atoms with Crippen LogP contribution in [0.1, 0.15) is 13.3 Å². The maximum absolute atomic E-state index is 3.78. The van der Waals surface area contributed by atoms with Crippen LogP contribution in [0, 0.1) is 5.92 Å². The van der Waals surface area contributed by atoms with Gasteiger partial charge in [0.15, 0.2) is 0 Å². The highest BCUT2D eigenvalue weighted by Crippen LogP contribution is 2.15. The van der Waals surface area contributed by atoms with Gasteiger partial charge in [-0.25, -0.2) is 0 Å². The zero-order valence-corrected chi connectivity index (χ0v) is 6.14. The average molecular weight is 125 g/mol. The Balaban J connectivity index is 2.28. The molecule has 1 fully saturated rings. The van der Waals surface area contributed by atoms with Crippen LogP contribution in [-0.2, 0) is 0 Å². The van der Waals surface area contributed by atoms with Crippen molar-refractivity contribution in [1.29, 1.82) is 0 Å². The molecule has 0 aromatic rings. The molecule has 1 aliphatic rings. The van der Waals surface area contributed by atoms with Gasteiger partial charge in [-0.15, -0.1) is 6.58 Å². The molecule has 52 valence electrons. The topological polar surface area (TPSA) is 3.24 Å². The average Bonchev–Trinajstić information content (AvgIpc) is 2.34. The standard InChI is InChI=1S/C8H15N/c1-3-8-5-6-9(4-2)7-8/h3,8H,1,4-7H2,2H3. The minimum atomic E-state index is 0.768. The maximum atomic E-state index is 3.78. The van der Waals surface area contributed by atoms with Crippen molar-refractivity contribution >= 4 is 0 Å². The Bertz CT molecular complexity index is 98.7. The van der Waals surface area contributed by atoms with Gasteiger partial charge in [0.2, 0.25) is 0 Å². The van der Waals surface area contributed by atoms with E-state index in [1.54, 1.807) is 0 Å². The first kappa shape index (κ1) is 6.81. The molecule has 1 aliphatic heterocycles. The third-order valence-corrected chi connectivity index (χ3v) is 2.09. The van der Waals surface area contributed by atoms with E-state index in [2.05, 4.69) is 24.5 Å². The van der Waals surface area contributed by atoms with Gasteiger partial charge in [-0.2, -0.15) is 0 Å². The number of hydrogen-bond acceptors (Lipinski definition) is 1. The molecule has 0 N–H and O–H groups in total. The van der Waals surface area contributed by atoms with Crippen LogP contribution in [0.4, 0.5) is 0 Å². The Labute approximate surface area is 57.4 Å². The second-order valence-corrected chi connectivity index (χ2v) is 2.68. The fraction of sp³-hybridized carbons (Fsp3) is 0.750. The first-order chi connectivity index (χ1) is 4.36. The summed E-state index contributed by atoms with van der Waals surface area (Å²) in [5.41, 5.74) is 0. The minimum absolute atomic E-state index is 0.768. The van der Waals surface area contributed by atoms with E-state index < -0.39 is 0 Å². The van der Waals surface area contributed by atoms with Gasteiger partial charge in [-0.1, -0.05) is 13.0 Å². The monoisotopic (exact) mass is 125 g/mol. The highest BCUT2D eigenvalue weighted by Gasteiger charge is 2.17. The Morgan fingerprint density at radius 2 is 2.56 bits per heavy atom. The van der Waals surface area contributed by atoms with Crippen molar-refractivity contribution in [3.63, 3.8) is 0 Å². The molecule has 0 bridgehead atoms. The Hall–Kier alpha value is -0.300. The first-order valence-corrected chi connectivity index (χ1v) is 3.71. The normalized spacial score (nSPS) is 28.8. The van der Waals surface area contributed by atoms with Gasteiger partial charge in [-0.3, -0.25) is 0 Å². The molecule has 0 amide bonds. The van der Waals surface area contributed by atoms with E-state index in [0.29, 0.717) is 0 Å². The quantitative estimate of drug-likeness (QED) is 0.506. The predicted octanol–water partition coefficient (Wildman–Crippen LogP) is 1.51. The van der Waals surface area contributed by atoms with Crippen LogP contribution in [-0.4, -0.2) is 24.5 Å². The fourth-order valence-electron chi connectivity index (χ4n) is 1.34. The van der Waals surface area contributed by atoms with Crippen molar-refractivity contribution in [2.45, 2.75) is 13.3 Å². The van der Waals surface area contributed by atoms with E-state index in [4.69, 9.17) is 0 Å². The Kier molecular flexibility index (Phi) is 2.29. The first-order valence-electron chi connectivity index (χ1n) is 3.71. The lowest BCUT2D eigenvalue weighted by atomic mass is 10.1. The maximum Gasteiger partial charge on any atom is 0.00446 e. The molecule has 1 nitrogen and oxygen atoms in total. The lowest BCUT2D eigenvalue weighted by Crippen LogP contribution is -2.19. The summed E-state index contributed by atoms with van der Waals surface area (Å²) in [4.78, 5) is 2.46. The molecule has 0 aromatic carbocycles. The van der Waals surface area contributed by atoms with Gasteiger partial charge in [-0.05, 0) is 25.4 Å². The van der Waals surface area contributed by atoms with Gasteiger partial charge in [0.05, 0.1) is 0 Å². The number of rotatable bonds is 2. The van der Waals surface area contributed by atoms with Crippen molar-refractivity contribution < 1.29 is 0 Å².